The third kappa shape index (κ3) is 5.31. The van der Waals surface area contributed by atoms with Crippen molar-refractivity contribution in [2.75, 3.05) is 0 Å². The Balaban J connectivity index is 1.14. The van der Waals surface area contributed by atoms with Gasteiger partial charge in [-0.1, -0.05) is 133 Å². The van der Waals surface area contributed by atoms with E-state index >= 15 is 0 Å². The van der Waals surface area contributed by atoms with Gasteiger partial charge in [-0.2, -0.15) is 0 Å². The summed E-state index contributed by atoms with van der Waals surface area (Å²) in [5.41, 5.74) is 15.8. The molecule has 1 aliphatic carbocycles. The summed E-state index contributed by atoms with van der Waals surface area (Å²) in [6.45, 7) is 4.24. The summed E-state index contributed by atoms with van der Waals surface area (Å²) >= 11 is 0. The van der Waals surface area contributed by atoms with E-state index in [4.69, 9.17) is 24.7 Å². The SMILES string of the molecule is Cc1cnc(-c2cccc(-c3ccc4c(c3)C3(c5ccccc5Oc5ccc(-c6nc(-c7ccccc7)nc(-c7ccccc7)n6)cc53)c3ccccc3-4)c2)cc1C. The Morgan fingerprint density at radius 2 is 0.931 bits per heavy atom. The lowest BCUT2D eigenvalue weighted by Gasteiger charge is -2.39. The number of nitrogens with zero attached hydrogens (tertiary/aromatic N) is 4. The quantitative estimate of drug-likeness (QED) is 0.176. The average Bonchev–Trinajstić information content (AvgIpc) is 3.57. The van der Waals surface area contributed by atoms with Crippen molar-refractivity contribution in [3.8, 4) is 79.2 Å². The van der Waals surface area contributed by atoms with Crippen LogP contribution in [0.15, 0.2) is 182 Å². The third-order valence-electron chi connectivity index (χ3n) is 11.8. The number of para-hydroxylation sites is 1. The van der Waals surface area contributed by atoms with Crippen molar-refractivity contribution in [2.24, 2.45) is 0 Å². The molecular weight excluding hydrogens is 709 g/mol. The second kappa shape index (κ2) is 13.3. The molecule has 1 atom stereocenters. The Hall–Kier alpha value is -7.50. The zero-order valence-electron chi connectivity index (χ0n) is 32.0. The van der Waals surface area contributed by atoms with Gasteiger partial charge in [-0.3, -0.25) is 4.98 Å². The maximum Gasteiger partial charge on any atom is 0.164 e. The molecule has 9 aromatic rings. The molecule has 2 aromatic heterocycles. The molecule has 0 saturated heterocycles. The monoisotopic (exact) mass is 744 g/mol. The first-order valence-electron chi connectivity index (χ1n) is 19.6. The highest BCUT2D eigenvalue weighted by Gasteiger charge is 2.51. The van der Waals surface area contributed by atoms with Gasteiger partial charge >= 0.3 is 0 Å². The van der Waals surface area contributed by atoms with Crippen LogP contribution in [0.1, 0.15) is 33.4 Å². The molecule has 11 rings (SSSR count). The zero-order chi connectivity index (χ0) is 38.8. The fraction of sp³-hybridized carbons (Fsp3) is 0.0566. The van der Waals surface area contributed by atoms with Crippen LogP contribution < -0.4 is 4.74 Å². The molecular formula is C53H36N4O. The zero-order valence-corrected chi connectivity index (χ0v) is 32.0. The summed E-state index contributed by atoms with van der Waals surface area (Å²) in [5, 5.41) is 0. The number of hydrogen-bond donors (Lipinski definition) is 0. The van der Waals surface area contributed by atoms with Gasteiger partial charge in [0.25, 0.3) is 0 Å². The Bertz CT molecular complexity index is 3010. The molecule has 0 N–H and O–H groups in total. The largest absolute Gasteiger partial charge is 0.457 e. The highest BCUT2D eigenvalue weighted by Crippen LogP contribution is 2.62. The van der Waals surface area contributed by atoms with E-state index in [2.05, 4.69) is 129 Å². The number of aryl methyl sites for hydroxylation is 2. The summed E-state index contributed by atoms with van der Waals surface area (Å²) in [7, 11) is 0. The summed E-state index contributed by atoms with van der Waals surface area (Å²) in [6, 6.07) is 61.8. The smallest absolute Gasteiger partial charge is 0.164 e. The number of aromatic nitrogens is 4. The highest BCUT2D eigenvalue weighted by molar-refractivity contribution is 5.91. The van der Waals surface area contributed by atoms with Crippen LogP contribution in [0.5, 0.6) is 11.5 Å². The summed E-state index contributed by atoms with van der Waals surface area (Å²) in [5.74, 6) is 3.49. The van der Waals surface area contributed by atoms with E-state index in [-0.39, 0.29) is 0 Å². The van der Waals surface area contributed by atoms with Gasteiger partial charge in [0.1, 0.15) is 11.5 Å². The van der Waals surface area contributed by atoms with Crippen LogP contribution in [0.25, 0.3) is 67.7 Å². The molecule has 0 fully saturated rings. The Morgan fingerprint density at radius 1 is 0.379 bits per heavy atom. The van der Waals surface area contributed by atoms with Crippen molar-refractivity contribution >= 4 is 0 Å². The van der Waals surface area contributed by atoms with Gasteiger partial charge in [0, 0.05) is 39.6 Å². The Morgan fingerprint density at radius 3 is 1.67 bits per heavy atom. The summed E-state index contributed by atoms with van der Waals surface area (Å²) in [4.78, 5) is 20.0. The van der Waals surface area contributed by atoms with E-state index < -0.39 is 5.41 Å². The van der Waals surface area contributed by atoms with Crippen molar-refractivity contribution in [1.29, 1.82) is 0 Å². The lowest BCUT2D eigenvalue weighted by atomic mass is 9.65. The van der Waals surface area contributed by atoms with Crippen LogP contribution in [-0.4, -0.2) is 19.9 Å². The summed E-state index contributed by atoms with van der Waals surface area (Å²) < 4.78 is 6.81. The molecule has 0 saturated carbocycles. The maximum absolute atomic E-state index is 6.81. The molecule has 3 heterocycles. The fourth-order valence-electron chi connectivity index (χ4n) is 8.80. The van der Waals surface area contributed by atoms with Crippen molar-refractivity contribution in [1.82, 2.24) is 19.9 Å². The van der Waals surface area contributed by atoms with Gasteiger partial charge in [-0.15, -0.1) is 0 Å². The first kappa shape index (κ1) is 33.8. The highest BCUT2D eigenvalue weighted by atomic mass is 16.5. The van der Waals surface area contributed by atoms with E-state index in [1.165, 1.54) is 33.4 Å². The Labute approximate surface area is 337 Å². The lowest BCUT2D eigenvalue weighted by molar-refractivity contribution is 0.436. The van der Waals surface area contributed by atoms with E-state index in [9.17, 15) is 0 Å². The molecule has 2 aliphatic rings. The first-order valence-corrected chi connectivity index (χ1v) is 19.6. The minimum absolute atomic E-state index is 0.599. The van der Waals surface area contributed by atoms with Gasteiger partial charge in [0.15, 0.2) is 17.5 Å². The van der Waals surface area contributed by atoms with E-state index in [0.29, 0.717) is 17.5 Å². The molecule has 274 valence electrons. The second-order valence-electron chi connectivity index (χ2n) is 15.1. The minimum Gasteiger partial charge on any atom is -0.457 e. The molecule has 0 amide bonds. The second-order valence-corrected chi connectivity index (χ2v) is 15.1. The predicted molar refractivity (Wildman–Crippen MR) is 232 cm³/mol. The molecule has 1 unspecified atom stereocenters. The van der Waals surface area contributed by atoms with E-state index in [1.807, 2.05) is 66.9 Å². The van der Waals surface area contributed by atoms with Crippen molar-refractivity contribution in [3.63, 3.8) is 0 Å². The lowest BCUT2D eigenvalue weighted by Crippen LogP contribution is -2.32. The van der Waals surface area contributed by atoms with Crippen LogP contribution in [0.2, 0.25) is 0 Å². The Kier molecular flexibility index (Phi) is 7.76. The van der Waals surface area contributed by atoms with Crippen LogP contribution >= 0.6 is 0 Å². The molecule has 5 heteroatoms. The van der Waals surface area contributed by atoms with Gasteiger partial charge in [-0.25, -0.2) is 15.0 Å². The molecule has 5 nitrogen and oxygen atoms in total. The fourth-order valence-corrected chi connectivity index (χ4v) is 8.80. The van der Waals surface area contributed by atoms with Crippen molar-refractivity contribution in [2.45, 2.75) is 19.3 Å². The van der Waals surface area contributed by atoms with Gasteiger partial charge in [0.05, 0.1) is 11.1 Å². The molecule has 7 aromatic carbocycles. The number of benzene rings is 7. The maximum atomic E-state index is 6.81. The van der Waals surface area contributed by atoms with Gasteiger partial charge in [-0.05, 0) is 101 Å². The normalized spacial score (nSPS) is 14.6. The number of fused-ring (bicyclic) bond motifs is 9. The van der Waals surface area contributed by atoms with Crippen LogP contribution in [0.4, 0.5) is 0 Å². The van der Waals surface area contributed by atoms with Gasteiger partial charge in [0.2, 0.25) is 0 Å². The topological polar surface area (TPSA) is 60.8 Å². The standard InChI is InChI=1S/C53H36N4O/c1-33-28-47(54-32-34(33)2)39-19-13-18-37(29-39)38-24-26-42-41-20-9-10-21-43(41)53(45(42)30-38)44-22-11-12-23-48(44)58-49-27-25-40(31-46(49)53)52-56-50(35-14-5-3-6-15-35)55-51(57-52)36-16-7-4-8-17-36/h3-32H,1-2H3. The molecule has 1 aliphatic heterocycles. The number of rotatable bonds is 5. The van der Waals surface area contributed by atoms with Crippen molar-refractivity contribution in [3.05, 3.63) is 216 Å². The molecule has 0 radical (unpaired) electrons. The first-order chi connectivity index (χ1) is 28.5. The minimum atomic E-state index is -0.688. The van der Waals surface area contributed by atoms with Crippen molar-refractivity contribution < 1.29 is 4.74 Å². The molecule has 58 heavy (non-hydrogen) atoms. The van der Waals surface area contributed by atoms with Crippen LogP contribution in [0.3, 0.4) is 0 Å². The van der Waals surface area contributed by atoms with Crippen LogP contribution in [-0.2, 0) is 5.41 Å². The number of hydrogen-bond acceptors (Lipinski definition) is 5. The average molecular weight is 745 g/mol. The summed E-state index contributed by atoms with van der Waals surface area (Å²) in [6.07, 6.45) is 1.96. The molecule has 1 spiro atoms. The number of pyridine rings is 1. The van der Waals surface area contributed by atoms with Crippen LogP contribution in [0, 0.1) is 13.8 Å². The van der Waals surface area contributed by atoms with E-state index in [0.717, 1.165) is 61.7 Å². The van der Waals surface area contributed by atoms with Gasteiger partial charge < -0.3 is 4.74 Å². The third-order valence-corrected chi connectivity index (χ3v) is 11.8. The number of ether oxygens (including phenoxy) is 1. The predicted octanol–water partition coefficient (Wildman–Crippen LogP) is 12.7. The molecule has 0 bridgehead atoms. The van der Waals surface area contributed by atoms with E-state index in [1.54, 1.807) is 0 Å².